The Bertz CT molecular complexity index is 862. The zero-order valence-corrected chi connectivity index (χ0v) is 15.3. The molecule has 2 aromatic rings. The Balaban J connectivity index is 2.06. The van der Waals surface area contributed by atoms with Crippen LogP contribution in [0.5, 0.6) is 0 Å². The first-order chi connectivity index (χ1) is 12.3. The number of carbonyl (C=O) groups is 2. The molecule has 0 bridgehead atoms. The van der Waals surface area contributed by atoms with Crippen LogP contribution in [0.15, 0.2) is 41.6 Å². The second-order valence-corrected chi connectivity index (χ2v) is 6.22. The molecule has 0 spiro atoms. The number of aromatic nitrogens is 1. The SMILES string of the molecule is CSc1ncccc1C(=O)OC(C)C(=O)Nc1ccc([N+](=O)[O-])cc1Cl. The van der Waals surface area contributed by atoms with Crippen LogP contribution >= 0.6 is 23.4 Å². The van der Waals surface area contributed by atoms with Crippen molar-refractivity contribution in [1.82, 2.24) is 4.98 Å². The zero-order valence-electron chi connectivity index (χ0n) is 13.8. The summed E-state index contributed by atoms with van der Waals surface area (Å²) in [6, 6.07) is 6.78. The van der Waals surface area contributed by atoms with E-state index in [2.05, 4.69) is 10.3 Å². The molecule has 8 nitrogen and oxygen atoms in total. The molecule has 136 valence electrons. The topological polar surface area (TPSA) is 111 Å². The van der Waals surface area contributed by atoms with Gasteiger partial charge in [0.25, 0.3) is 11.6 Å². The van der Waals surface area contributed by atoms with Crippen molar-refractivity contribution in [2.45, 2.75) is 18.1 Å². The van der Waals surface area contributed by atoms with Crippen molar-refractivity contribution >= 4 is 46.6 Å². The molecule has 1 unspecified atom stereocenters. The van der Waals surface area contributed by atoms with E-state index in [1.54, 1.807) is 24.6 Å². The predicted molar refractivity (Wildman–Crippen MR) is 97.6 cm³/mol. The van der Waals surface area contributed by atoms with Gasteiger partial charge in [0.2, 0.25) is 0 Å². The van der Waals surface area contributed by atoms with E-state index in [4.69, 9.17) is 16.3 Å². The van der Waals surface area contributed by atoms with Crippen LogP contribution in [0.4, 0.5) is 11.4 Å². The summed E-state index contributed by atoms with van der Waals surface area (Å²) in [7, 11) is 0. The number of hydrogen-bond donors (Lipinski definition) is 1. The Labute approximate surface area is 158 Å². The molecule has 2 rings (SSSR count). The number of nitro groups is 1. The van der Waals surface area contributed by atoms with Gasteiger partial charge in [-0.15, -0.1) is 11.8 Å². The number of anilines is 1. The van der Waals surface area contributed by atoms with Crippen LogP contribution in [0.2, 0.25) is 5.02 Å². The van der Waals surface area contributed by atoms with Gasteiger partial charge in [-0.3, -0.25) is 14.9 Å². The second kappa shape index (κ2) is 8.63. The Morgan fingerprint density at radius 3 is 2.73 bits per heavy atom. The molecule has 0 radical (unpaired) electrons. The van der Waals surface area contributed by atoms with E-state index in [0.29, 0.717) is 5.03 Å². The third-order valence-electron chi connectivity index (χ3n) is 3.26. The summed E-state index contributed by atoms with van der Waals surface area (Å²) in [5.74, 6) is -1.30. The van der Waals surface area contributed by atoms with Crippen LogP contribution < -0.4 is 5.32 Å². The fourth-order valence-electron chi connectivity index (χ4n) is 1.94. The Hall–Kier alpha value is -2.65. The number of nitrogens with one attached hydrogen (secondary N) is 1. The molecule has 1 heterocycles. The van der Waals surface area contributed by atoms with Gasteiger partial charge in [0.15, 0.2) is 6.10 Å². The maximum atomic E-state index is 12.2. The number of rotatable bonds is 6. The quantitative estimate of drug-likeness (QED) is 0.344. The number of ether oxygens (including phenoxy) is 1. The Morgan fingerprint density at radius 2 is 2.12 bits per heavy atom. The molecule has 0 saturated heterocycles. The first-order valence-electron chi connectivity index (χ1n) is 7.28. The van der Waals surface area contributed by atoms with Gasteiger partial charge >= 0.3 is 5.97 Å². The van der Waals surface area contributed by atoms with Crippen molar-refractivity contribution in [1.29, 1.82) is 0 Å². The monoisotopic (exact) mass is 395 g/mol. The first kappa shape index (κ1) is 19.7. The van der Waals surface area contributed by atoms with Crippen molar-refractivity contribution < 1.29 is 19.2 Å². The highest BCUT2D eigenvalue weighted by Gasteiger charge is 2.22. The molecule has 1 amide bonds. The van der Waals surface area contributed by atoms with E-state index >= 15 is 0 Å². The highest BCUT2D eigenvalue weighted by Crippen LogP contribution is 2.27. The van der Waals surface area contributed by atoms with Gasteiger partial charge in [-0.1, -0.05) is 11.6 Å². The van der Waals surface area contributed by atoms with Gasteiger partial charge in [0, 0.05) is 18.3 Å². The van der Waals surface area contributed by atoms with E-state index in [-0.39, 0.29) is 22.0 Å². The van der Waals surface area contributed by atoms with Crippen LogP contribution in [-0.4, -0.2) is 34.1 Å². The van der Waals surface area contributed by atoms with Crippen LogP contribution in [0.1, 0.15) is 17.3 Å². The second-order valence-electron chi connectivity index (χ2n) is 5.02. The summed E-state index contributed by atoms with van der Waals surface area (Å²) in [6.45, 7) is 1.40. The van der Waals surface area contributed by atoms with Gasteiger partial charge in [-0.05, 0) is 31.4 Å². The average molecular weight is 396 g/mol. The van der Waals surface area contributed by atoms with E-state index in [0.717, 1.165) is 6.07 Å². The predicted octanol–water partition coefficient (Wildman–Crippen LogP) is 3.55. The van der Waals surface area contributed by atoms with Crippen LogP contribution in [0.25, 0.3) is 0 Å². The first-order valence-corrected chi connectivity index (χ1v) is 8.88. The lowest BCUT2D eigenvalue weighted by Gasteiger charge is -2.15. The number of nitro benzene ring substituents is 1. The summed E-state index contributed by atoms with van der Waals surface area (Å²) in [5.41, 5.74) is 0.234. The van der Waals surface area contributed by atoms with Gasteiger partial charge in [-0.25, -0.2) is 9.78 Å². The molecular formula is C16H14ClN3O5S. The normalized spacial score (nSPS) is 11.5. The summed E-state index contributed by atoms with van der Waals surface area (Å²) in [4.78, 5) is 38.6. The smallest absolute Gasteiger partial charge is 0.341 e. The number of non-ortho nitro benzene ring substituents is 1. The largest absolute Gasteiger partial charge is 0.449 e. The molecule has 0 aliphatic heterocycles. The zero-order chi connectivity index (χ0) is 19.3. The molecule has 1 aromatic carbocycles. The van der Waals surface area contributed by atoms with Crippen molar-refractivity contribution in [2.24, 2.45) is 0 Å². The maximum absolute atomic E-state index is 12.2. The Morgan fingerprint density at radius 1 is 1.38 bits per heavy atom. The highest BCUT2D eigenvalue weighted by molar-refractivity contribution is 7.98. The lowest BCUT2D eigenvalue weighted by molar-refractivity contribution is -0.384. The standard InChI is InChI=1S/C16H14ClN3O5S/c1-9(25-16(22)11-4-3-7-18-15(11)26-2)14(21)19-13-6-5-10(20(23)24)8-12(13)17/h3-9H,1-2H3,(H,19,21). The average Bonchev–Trinajstić information content (AvgIpc) is 2.62. The fourth-order valence-corrected chi connectivity index (χ4v) is 2.70. The number of benzene rings is 1. The molecule has 26 heavy (non-hydrogen) atoms. The molecular weight excluding hydrogens is 382 g/mol. The van der Waals surface area contributed by atoms with Gasteiger partial charge in [0.1, 0.15) is 5.03 Å². The molecule has 1 atom stereocenters. The molecule has 1 N–H and O–H groups in total. The van der Waals surface area contributed by atoms with Crippen LogP contribution in [0, 0.1) is 10.1 Å². The van der Waals surface area contributed by atoms with Crippen molar-refractivity contribution in [2.75, 3.05) is 11.6 Å². The van der Waals surface area contributed by atoms with Crippen molar-refractivity contribution in [3.63, 3.8) is 0 Å². The molecule has 0 aliphatic carbocycles. The van der Waals surface area contributed by atoms with Crippen molar-refractivity contribution in [3.8, 4) is 0 Å². The van der Waals surface area contributed by atoms with E-state index in [1.165, 1.54) is 30.8 Å². The molecule has 0 aliphatic rings. The highest BCUT2D eigenvalue weighted by atomic mass is 35.5. The van der Waals surface area contributed by atoms with E-state index in [1.807, 2.05) is 0 Å². The minimum atomic E-state index is -1.11. The molecule has 0 fully saturated rings. The van der Waals surface area contributed by atoms with E-state index in [9.17, 15) is 19.7 Å². The maximum Gasteiger partial charge on any atom is 0.341 e. The van der Waals surface area contributed by atoms with Crippen LogP contribution in [-0.2, 0) is 9.53 Å². The van der Waals surface area contributed by atoms with Gasteiger partial charge in [-0.2, -0.15) is 0 Å². The number of hydrogen-bond acceptors (Lipinski definition) is 7. The van der Waals surface area contributed by atoms with Crippen molar-refractivity contribution in [3.05, 3.63) is 57.2 Å². The fraction of sp³-hybridized carbons (Fsp3) is 0.188. The lowest BCUT2D eigenvalue weighted by Crippen LogP contribution is -2.30. The number of carbonyl (C=O) groups excluding carboxylic acids is 2. The summed E-state index contributed by atoms with van der Waals surface area (Å²) >= 11 is 7.21. The third-order valence-corrected chi connectivity index (χ3v) is 4.28. The lowest BCUT2D eigenvalue weighted by atomic mass is 10.2. The van der Waals surface area contributed by atoms with E-state index < -0.39 is 22.9 Å². The minimum Gasteiger partial charge on any atom is -0.449 e. The number of pyridine rings is 1. The number of nitrogens with zero attached hydrogens (tertiary/aromatic N) is 2. The summed E-state index contributed by atoms with van der Waals surface area (Å²) in [5, 5.41) is 13.7. The summed E-state index contributed by atoms with van der Waals surface area (Å²) < 4.78 is 5.16. The van der Waals surface area contributed by atoms with Gasteiger partial charge in [0.05, 0.1) is 21.2 Å². The number of thioether (sulfide) groups is 1. The van der Waals surface area contributed by atoms with Crippen LogP contribution in [0.3, 0.4) is 0 Å². The molecule has 1 aromatic heterocycles. The number of halogens is 1. The summed E-state index contributed by atoms with van der Waals surface area (Å²) in [6.07, 6.45) is 2.21. The number of esters is 1. The Kier molecular flexibility index (Phi) is 6.53. The van der Waals surface area contributed by atoms with Gasteiger partial charge < -0.3 is 10.1 Å². The third kappa shape index (κ3) is 4.70. The minimum absolute atomic E-state index is 0.00278. The number of amides is 1. The molecule has 10 heteroatoms. The molecule has 0 saturated carbocycles.